The number of hydrogen-bond acceptors (Lipinski definition) is 7. The van der Waals surface area contributed by atoms with Gasteiger partial charge >= 0.3 is 0 Å². The van der Waals surface area contributed by atoms with Gasteiger partial charge < -0.3 is 15.2 Å². The van der Waals surface area contributed by atoms with Crippen LogP contribution < -0.4 is 5.32 Å². The zero-order valence-electron chi connectivity index (χ0n) is 19.3. The van der Waals surface area contributed by atoms with Gasteiger partial charge in [-0.1, -0.05) is 11.6 Å². The number of nitrogens with zero attached hydrogens (tertiary/aromatic N) is 5. The molecule has 1 saturated carbocycles. The number of aryl methyl sites for hydroxylation is 1. The lowest BCUT2D eigenvalue weighted by Gasteiger charge is -2.37. The molecule has 1 aliphatic carbocycles. The van der Waals surface area contributed by atoms with Crippen LogP contribution in [0.5, 0.6) is 0 Å². The van der Waals surface area contributed by atoms with Crippen LogP contribution in [-0.2, 0) is 4.74 Å². The number of aromatic nitrogens is 4. The van der Waals surface area contributed by atoms with Crippen LogP contribution in [0.3, 0.4) is 0 Å². The first-order chi connectivity index (χ1) is 16.8. The van der Waals surface area contributed by atoms with Gasteiger partial charge in [0.15, 0.2) is 5.15 Å². The number of likely N-dealkylation sites (tertiary alicyclic amines) is 1. The van der Waals surface area contributed by atoms with Crippen LogP contribution in [-0.4, -0.2) is 74.1 Å². The quantitative estimate of drug-likeness (QED) is 0.542. The minimum absolute atomic E-state index is 0.0948. The molecule has 11 heteroatoms. The maximum absolute atomic E-state index is 13.4. The van der Waals surface area contributed by atoms with Crippen molar-refractivity contribution in [2.75, 3.05) is 31.6 Å². The first kappa shape index (κ1) is 23.0. The Bertz CT molecular complexity index is 1260. The van der Waals surface area contributed by atoms with Gasteiger partial charge in [0.25, 0.3) is 5.92 Å². The lowest BCUT2D eigenvalue weighted by atomic mass is 9.85. The molecule has 1 aromatic carbocycles. The van der Waals surface area contributed by atoms with Crippen LogP contribution in [0.1, 0.15) is 42.3 Å². The van der Waals surface area contributed by atoms with Gasteiger partial charge in [-0.3, -0.25) is 4.90 Å². The highest BCUT2D eigenvalue weighted by Gasteiger charge is 2.59. The van der Waals surface area contributed by atoms with Crippen LogP contribution in [0.15, 0.2) is 24.5 Å². The Labute approximate surface area is 206 Å². The molecule has 35 heavy (non-hydrogen) atoms. The second-order valence-corrected chi connectivity index (χ2v) is 10.2. The molecule has 2 aromatic heterocycles. The fraction of sp³-hybridized carbons (Fsp3) is 0.542. The van der Waals surface area contributed by atoms with Crippen molar-refractivity contribution in [2.24, 2.45) is 0 Å². The zero-order valence-corrected chi connectivity index (χ0v) is 20.0. The first-order valence-corrected chi connectivity index (χ1v) is 12.3. The summed E-state index contributed by atoms with van der Waals surface area (Å²) in [5, 5.41) is 18.2. The molecule has 2 aliphatic heterocycles. The van der Waals surface area contributed by atoms with Gasteiger partial charge in [-0.15, -0.1) is 0 Å². The van der Waals surface area contributed by atoms with Crippen LogP contribution in [0.4, 0.5) is 20.4 Å². The Balaban J connectivity index is 1.19. The van der Waals surface area contributed by atoms with E-state index in [9.17, 15) is 13.9 Å². The molecule has 186 valence electrons. The van der Waals surface area contributed by atoms with E-state index in [0.29, 0.717) is 30.8 Å². The van der Waals surface area contributed by atoms with E-state index in [1.54, 1.807) is 6.20 Å². The van der Waals surface area contributed by atoms with E-state index in [0.717, 1.165) is 41.5 Å². The van der Waals surface area contributed by atoms with Crippen molar-refractivity contribution in [3.8, 4) is 0 Å². The van der Waals surface area contributed by atoms with Gasteiger partial charge in [0, 0.05) is 18.0 Å². The lowest BCUT2D eigenvalue weighted by molar-refractivity contribution is 0.0663. The Morgan fingerprint density at radius 1 is 1.20 bits per heavy atom. The van der Waals surface area contributed by atoms with Gasteiger partial charge in [0.2, 0.25) is 5.95 Å². The van der Waals surface area contributed by atoms with Gasteiger partial charge in [-0.05, 0) is 62.0 Å². The molecule has 0 bridgehead atoms. The zero-order chi connectivity index (χ0) is 24.3. The number of aliphatic hydroxyl groups excluding tert-OH is 1. The SMILES string of the molecule is Cc1cc2cnc(Nc3cnn(C4CC4(F)F)c3Cl)nc2cc1C1CCN([C@H]2COC[C@H]2O)CC1. The monoisotopic (exact) mass is 504 g/mol. The molecule has 1 unspecified atom stereocenters. The van der Waals surface area contributed by atoms with Crippen LogP contribution in [0.2, 0.25) is 5.15 Å². The number of hydrogen-bond donors (Lipinski definition) is 2. The average molecular weight is 505 g/mol. The van der Waals surface area contributed by atoms with Crippen molar-refractivity contribution < 1.29 is 18.6 Å². The van der Waals surface area contributed by atoms with Gasteiger partial charge in [0.05, 0.1) is 42.8 Å². The molecule has 8 nitrogen and oxygen atoms in total. The number of ether oxygens (including phenoxy) is 1. The fourth-order valence-electron chi connectivity index (χ4n) is 5.36. The topological polar surface area (TPSA) is 88.3 Å². The number of alkyl halides is 2. The van der Waals surface area contributed by atoms with Gasteiger partial charge in [-0.2, -0.15) is 5.10 Å². The molecule has 3 atom stereocenters. The summed E-state index contributed by atoms with van der Waals surface area (Å²) < 4.78 is 33.4. The summed E-state index contributed by atoms with van der Waals surface area (Å²) in [6.45, 7) is 4.98. The predicted octanol–water partition coefficient (Wildman–Crippen LogP) is 4.05. The standard InChI is InChI=1S/C24H27ClF2N6O2/c1-13-6-15-9-28-23(31-18-10-29-33(22(18)25)21-8-24(21,26)27)30-17(15)7-16(13)14-2-4-32(5-3-14)19-11-35-12-20(19)34/h6-7,9-10,14,19-21,34H,2-5,8,11-12H2,1H3,(H,28,30,31)/t19-,20+,21?/m0/s1. The number of benzene rings is 1. The summed E-state index contributed by atoms with van der Waals surface area (Å²) in [7, 11) is 0. The van der Waals surface area contributed by atoms with E-state index in [1.165, 1.54) is 17.3 Å². The highest BCUT2D eigenvalue weighted by atomic mass is 35.5. The smallest absolute Gasteiger partial charge is 0.272 e. The molecular weight excluding hydrogens is 478 g/mol. The van der Waals surface area contributed by atoms with E-state index in [1.807, 2.05) is 0 Å². The van der Waals surface area contributed by atoms with E-state index in [4.69, 9.17) is 16.3 Å². The van der Waals surface area contributed by atoms with Gasteiger partial charge in [0.1, 0.15) is 6.04 Å². The minimum Gasteiger partial charge on any atom is -0.389 e. The van der Waals surface area contributed by atoms with Crippen LogP contribution >= 0.6 is 11.6 Å². The third-order valence-corrected chi connectivity index (χ3v) is 7.87. The van der Waals surface area contributed by atoms with Crippen molar-refractivity contribution in [3.05, 3.63) is 40.8 Å². The number of aliphatic hydroxyl groups is 1. The average Bonchev–Trinajstić information content (AvgIpc) is 3.11. The molecule has 4 heterocycles. The van der Waals surface area contributed by atoms with Crippen molar-refractivity contribution in [3.63, 3.8) is 0 Å². The summed E-state index contributed by atoms with van der Waals surface area (Å²) in [4.78, 5) is 11.4. The number of piperidine rings is 1. The van der Waals surface area contributed by atoms with Crippen molar-refractivity contribution in [1.82, 2.24) is 24.6 Å². The molecule has 2 saturated heterocycles. The second-order valence-electron chi connectivity index (χ2n) is 9.84. The Morgan fingerprint density at radius 2 is 1.97 bits per heavy atom. The lowest BCUT2D eigenvalue weighted by Crippen LogP contribution is -2.46. The van der Waals surface area contributed by atoms with Crippen LogP contribution in [0.25, 0.3) is 10.9 Å². The Kier molecular flexibility index (Phi) is 5.67. The Hall–Kier alpha value is -2.40. The third kappa shape index (κ3) is 4.26. The minimum atomic E-state index is -2.76. The molecule has 0 radical (unpaired) electrons. The van der Waals surface area contributed by atoms with E-state index in [2.05, 4.69) is 44.3 Å². The first-order valence-electron chi connectivity index (χ1n) is 11.9. The van der Waals surface area contributed by atoms with Crippen LogP contribution in [0, 0.1) is 6.92 Å². The molecule has 6 rings (SSSR count). The normalized spacial score (nSPS) is 26.9. The molecule has 2 N–H and O–H groups in total. The summed E-state index contributed by atoms with van der Waals surface area (Å²) in [5.74, 6) is -2.02. The van der Waals surface area contributed by atoms with Crippen molar-refractivity contribution in [2.45, 2.75) is 56.2 Å². The van der Waals surface area contributed by atoms with Crippen molar-refractivity contribution in [1.29, 1.82) is 0 Å². The second kappa shape index (κ2) is 8.62. The molecule has 0 spiro atoms. The number of nitrogens with one attached hydrogen (secondary N) is 1. The Morgan fingerprint density at radius 3 is 2.66 bits per heavy atom. The summed E-state index contributed by atoms with van der Waals surface area (Å²) in [5.41, 5.74) is 3.68. The summed E-state index contributed by atoms with van der Waals surface area (Å²) >= 11 is 6.29. The molecule has 3 aromatic rings. The molecular formula is C24H27ClF2N6O2. The molecule has 3 fully saturated rings. The van der Waals surface area contributed by atoms with E-state index < -0.39 is 18.1 Å². The summed E-state index contributed by atoms with van der Waals surface area (Å²) in [6, 6.07) is 3.33. The number of fused-ring (bicyclic) bond motifs is 1. The number of rotatable bonds is 5. The predicted molar refractivity (Wildman–Crippen MR) is 128 cm³/mol. The largest absolute Gasteiger partial charge is 0.389 e. The molecule has 3 aliphatic rings. The highest BCUT2D eigenvalue weighted by molar-refractivity contribution is 6.32. The number of anilines is 2. The van der Waals surface area contributed by atoms with E-state index in [-0.39, 0.29) is 17.6 Å². The highest BCUT2D eigenvalue weighted by Crippen LogP contribution is 2.53. The molecule has 0 amide bonds. The van der Waals surface area contributed by atoms with Gasteiger partial charge in [-0.25, -0.2) is 23.4 Å². The fourth-order valence-corrected chi connectivity index (χ4v) is 5.62. The summed E-state index contributed by atoms with van der Waals surface area (Å²) in [6.07, 6.45) is 4.52. The number of halogens is 3. The third-order valence-electron chi connectivity index (χ3n) is 7.50. The van der Waals surface area contributed by atoms with Crippen molar-refractivity contribution >= 4 is 34.1 Å². The maximum atomic E-state index is 13.4. The van der Waals surface area contributed by atoms with E-state index >= 15 is 0 Å². The maximum Gasteiger partial charge on any atom is 0.272 e.